The summed E-state index contributed by atoms with van der Waals surface area (Å²) in [7, 11) is 5.60. The number of anilines is 1. The minimum atomic E-state index is -0.395. The SMILES string of the molecule is COc1cccc(CCC(O)CN(C)CCN(C)CC(=O)Nc2c(C)cccc2C)c1. The highest BCUT2D eigenvalue weighted by atomic mass is 16.5. The molecule has 0 aliphatic rings. The maximum Gasteiger partial charge on any atom is 0.238 e. The number of nitrogens with zero attached hydrogens (tertiary/aromatic N) is 2. The lowest BCUT2D eigenvalue weighted by Gasteiger charge is -2.24. The second kappa shape index (κ2) is 12.4. The van der Waals surface area contributed by atoms with E-state index >= 15 is 0 Å². The second-order valence-electron chi connectivity index (χ2n) is 8.36. The molecular weight excluding hydrogens is 390 g/mol. The maximum absolute atomic E-state index is 12.4. The first-order valence-electron chi connectivity index (χ1n) is 10.8. The fraction of sp³-hybridized carbons (Fsp3) is 0.480. The van der Waals surface area contributed by atoms with Crippen LogP contribution in [-0.2, 0) is 11.2 Å². The Bertz CT molecular complexity index is 820. The molecule has 0 bridgehead atoms. The number of carbonyl (C=O) groups is 1. The van der Waals surface area contributed by atoms with E-state index in [2.05, 4.69) is 16.3 Å². The van der Waals surface area contributed by atoms with E-state index < -0.39 is 6.10 Å². The molecule has 6 nitrogen and oxygen atoms in total. The number of ether oxygens (including phenoxy) is 1. The van der Waals surface area contributed by atoms with Gasteiger partial charge in [-0.3, -0.25) is 9.69 Å². The van der Waals surface area contributed by atoms with Crippen molar-refractivity contribution < 1.29 is 14.6 Å². The molecule has 2 aromatic carbocycles. The van der Waals surface area contributed by atoms with Gasteiger partial charge in [0.1, 0.15) is 5.75 Å². The van der Waals surface area contributed by atoms with Gasteiger partial charge in [0.25, 0.3) is 0 Å². The van der Waals surface area contributed by atoms with Gasteiger partial charge in [-0.05, 0) is 69.6 Å². The lowest BCUT2D eigenvalue weighted by Crippen LogP contribution is -2.38. The fourth-order valence-corrected chi connectivity index (χ4v) is 3.56. The highest BCUT2D eigenvalue weighted by Gasteiger charge is 2.12. The third-order valence-electron chi connectivity index (χ3n) is 5.45. The number of hydrogen-bond donors (Lipinski definition) is 2. The zero-order chi connectivity index (χ0) is 22.8. The van der Waals surface area contributed by atoms with Crippen molar-refractivity contribution in [2.45, 2.75) is 32.8 Å². The molecule has 31 heavy (non-hydrogen) atoms. The minimum absolute atomic E-state index is 0.0131. The van der Waals surface area contributed by atoms with E-state index in [-0.39, 0.29) is 5.91 Å². The molecule has 1 amide bonds. The number of benzene rings is 2. The molecule has 0 saturated carbocycles. The summed E-state index contributed by atoms with van der Waals surface area (Å²) in [6.07, 6.45) is 1.12. The molecule has 0 aromatic heterocycles. The van der Waals surface area contributed by atoms with Crippen molar-refractivity contribution in [1.29, 1.82) is 0 Å². The van der Waals surface area contributed by atoms with Gasteiger partial charge in [0.05, 0.1) is 19.8 Å². The summed E-state index contributed by atoms with van der Waals surface area (Å²) in [4.78, 5) is 16.5. The van der Waals surface area contributed by atoms with Crippen molar-refractivity contribution >= 4 is 11.6 Å². The molecule has 0 heterocycles. The van der Waals surface area contributed by atoms with Crippen LogP contribution >= 0.6 is 0 Å². The van der Waals surface area contributed by atoms with Crippen LogP contribution in [0.25, 0.3) is 0 Å². The van der Waals surface area contributed by atoms with Crippen LogP contribution in [0.4, 0.5) is 5.69 Å². The Morgan fingerprint density at radius 1 is 1.06 bits per heavy atom. The van der Waals surface area contributed by atoms with E-state index in [4.69, 9.17) is 4.74 Å². The summed E-state index contributed by atoms with van der Waals surface area (Å²) in [5.74, 6) is 0.828. The van der Waals surface area contributed by atoms with Gasteiger partial charge in [-0.15, -0.1) is 0 Å². The van der Waals surface area contributed by atoms with Crippen molar-refractivity contribution in [3.8, 4) is 5.75 Å². The number of hydrogen-bond acceptors (Lipinski definition) is 5. The smallest absolute Gasteiger partial charge is 0.238 e. The minimum Gasteiger partial charge on any atom is -0.497 e. The number of methoxy groups -OCH3 is 1. The molecule has 0 aliphatic carbocycles. The molecule has 0 saturated heterocycles. The van der Waals surface area contributed by atoms with Gasteiger partial charge in [-0.1, -0.05) is 30.3 Å². The van der Waals surface area contributed by atoms with Crippen LogP contribution in [0.15, 0.2) is 42.5 Å². The first kappa shape index (κ1) is 24.9. The van der Waals surface area contributed by atoms with Crippen molar-refractivity contribution in [2.24, 2.45) is 0 Å². The Kier molecular flexibility index (Phi) is 9.98. The van der Waals surface area contributed by atoms with Crippen molar-refractivity contribution in [3.05, 3.63) is 59.2 Å². The number of nitrogens with one attached hydrogen (secondary N) is 1. The van der Waals surface area contributed by atoms with E-state index in [1.54, 1.807) is 7.11 Å². The van der Waals surface area contributed by atoms with Crippen LogP contribution < -0.4 is 10.1 Å². The molecule has 2 N–H and O–H groups in total. The predicted octanol–water partition coefficient (Wildman–Crippen LogP) is 3.11. The summed E-state index contributed by atoms with van der Waals surface area (Å²) in [5, 5.41) is 13.4. The number of carbonyl (C=O) groups excluding carboxylic acids is 1. The van der Waals surface area contributed by atoms with Gasteiger partial charge in [0.15, 0.2) is 0 Å². The number of rotatable bonds is 12. The number of para-hydroxylation sites is 1. The third kappa shape index (κ3) is 8.69. The van der Waals surface area contributed by atoms with Crippen molar-refractivity contribution in [3.63, 3.8) is 0 Å². The average Bonchev–Trinajstić information content (AvgIpc) is 2.73. The van der Waals surface area contributed by atoms with E-state index in [0.29, 0.717) is 19.5 Å². The molecular formula is C25H37N3O3. The van der Waals surface area contributed by atoms with Crippen molar-refractivity contribution in [1.82, 2.24) is 9.80 Å². The Hall–Kier alpha value is -2.41. The molecule has 2 aromatic rings. The molecule has 0 fully saturated rings. The van der Waals surface area contributed by atoms with Gasteiger partial charge >= 0.3 is 0 Å². The molecule has 0 aliphatic heterocycles. The number of likely N-dealkylation sites (N-methyl/N-ethyl adjacent to an activating group) is 2. The molecule has 1 atom stereocenters. The Balaban J connectivity index is 1.68. The van der Waals surface area contributed by atoms with E-state index in [1.807, 2.05) is 69.2 Å². The van der Waals surface area contributed by atoms with Crippen LogP contribution in [0, 0.1) is 13.8 Å². The van der Waals surface area contributed by atoms with E-state index in [1.165, 1.54) is 0 Å². The molecule has 170 valence electrons. The molecule has 2 rings (SSSR count). The monoisotopic (exact) mass is 427 g/mol. The van der Waals surface area contributed by atoms with Gasteiger partial charge in [0, 0.05) is 25.3 Å². The molecule has 1 unspecified atom stereocenters. The highest BCUT2D eigenvalue weighted by Crippen LogP contribution is 2.19. The summed E-state index contributed by atoms with van der Waals surface area (Å²) in [5.41, 5.74) is 4.20. The molecule has 0 spiro atoms. The second-order valence-corrected chi connectivity index (χ2v) is 8.36. The zero-order valence-electron chi connectivity index (χ0n) is 19.5. The van der Waals surface area contributed by atoms with Crippen LogP contribution in [-0.4, -0.2) is 74.3 Å². The highest BCUT2D eigenvalue weighted by molar-refractivity contribution is 5.93. The number of aryl methyl sites for hydroxylation is 3. The summed E-state index contributed by atoms with van der Waals surface area (Å²) in [6, 6.07) is 14.0. The first-order chi connectivity index (χ1) is 14.8. The van der Waals surface area contributed by atoms with Crippen LogP contribution in [0.5, 0.6) is 5.75 Å². The van der Waals surface area contributed by atoms with Gasteiger partial charge in [0.2, 0.25) is 5.91 Å². The normalized spacial score (nSPS) is 12.3. The predicted molar refractivity (Wildman–Crippen MR) is 127 cm³/mol. The number of amides is 1. The molecule has 0 radical (unpaired) electrons. The summed E-state index contributed by atoms with van der Waals surface area (Å²) in [6.45, 7) is 6.47. The van der Waals surface area contributed by atoms with Crippen LogP contribution in [0.1, 0.15) is 23.1 Å². The zero-order valence-corrected chi connectivity index (χ0v) is 19.5. The quantitative estimate of drug-likeness (QED) is 0.545. The van der Waals surface area contributed by atoms with E-state index in [9.17, 15) is 9.90 Å². The van der Waals surface area contributed by atoms with Gasteiger partial charge < -0.3 is 20.1 Å². The van der Waals surface area contributed by atoms with Crippen molar-refractivity contribution in [2.75, 3.05) is 52.7 Å². The standard InChI is InChI=1S/C25H37N3O3/c1-19-8-6-9-20(2)25(19)26-24(30)18-28(4)15-14-27(3)17-22(29)13-12-21-10-7-11-23(16-21)31-5/h6-11,16,22,29H,12-15,17-18H2,1-5H3,(H,26,30). The molecule has 6 heteroatoms. The summed E-state index contributed by atoms with van der Waals surface area (Å²) >= 11 is 0. The Labute approximate surface area is 186 Å². The van der Waals surface area contributed by atoms with Crippen LogP contribution in [0.3, 0.4) is 0 Å². The maximum atomic E-state index is 12.4. The topological polar surface area (TPSA) is 65.0 Å². The fourth-order valence-electron chi connectivity index (χ4n) is 3.56. The Morgan fingerprint density at radius 3 is 2.39 bits per heavy atom. The number of aliphatic hydroxyl groups is 1. The van der Waals surface area contributed by atoms with Crippen LogP contribution in [0.2, 0.25) is 0 Å². The third-order valence-corrected chi connectivity index (χ3v) is 5.45. The number of aliphatic hydroxyl groups excluding tert-OH is 1. The van der Waals surface area contributed by atoms with Gasteiger partial charge in [-0.25, -0.2) is 0 Å². The largest absolute Gasteiger partial charge is 0.497 e. The first-order valence-corrected chi connectivity index (χ1v) is 10.8. The average molecular weight is 428 g/mol. The Morgan fingerprint density at radius 2 is 1.71 bits per heavy atom. The lowest BCUT2D eigenvalue weighted by atomic mass is 10.1. The summed E-state index contributed by atoms with van der Waals surface area (Å²) < 4.78 is 5.25. The lowest BCUT2D eigenvalue weighted by molar-refractivity contribution is -0.117. The van der Waals surface area contributed by atoms with E-state index in [0.717, 1.165) is 47.6 Å². The van der Waals surface area contributed by atoms with Gasteiger partial charge in [-0.2, -0.15) is 0 Å².